The largest absolute Gasteiger partial charge is 0.351 e. The zero-order valence-electron chi connectivity index (χ0n) is 9.43. The van der Waals surface area contributed by atoms with Crippen LogP contribution in [0.15, 0.2) is 22.7 Å². The van der Waals surface area contributed by atoms with Gasteiger partial charge >= 0.3 is 0 Å². The van der Waals surface area contributed by atoms with Crippen LogP contribution in [-0.4, -0.2) is 12.5 Å². The number of hydrogen-bond acceptors (Lipinski definition) is 1. The van der Waals surface area contributed by atoms with E-state index < -0.39 is 0 Å². The molecule has 0 heterocycles. The van der Waals surface area contributed by atoms with Crippen molar-refractivity contribution < 1.29 is 4.79 Å². The van der Waals surface area contributed by atoms with Crippen molar-refractivity contribution in [1.82, 2.24) is 5.32 Å². The van der Waals surface area contributed by atoms with Crippen LogP contribution in [-0.2, 0) is 0 Å². The molecule has 0 fully saturated rings. The van der Waals surface area contributed by atoms with Crippen LogP contribution in [0, 0.1) is 18.8 Å². The normalized spacial score (nSPS) is 9.19. The van der Waals surface area contributed by atoms with Crippen molar-refractivity contribution in [3.63, 3.8) is 0 Å². The van der Waals surface area contributed by atoms with E-state index in [2.05, 4.69) is 33.1 Å². The van der Waals surface area contributed by atoms with Crippen molar-refractivity contribution in [1.29, 1.82) is 0 Å². The molecule has 0 radical (unpaired) electrons. The van der Waals surface area contributed by atoms with Gasteiger partial charge in [0.25, 0.3) is 5.91 Å². The number of carbonyl (C=O) groups is 1. The third kappa shape index (κ3) is 3.71. The first-order valence-electron chi connectivity index (χ1n) is 5.09. The lowest BCUT2D eigenvalue weighted by atomic mass is 10.1. The number of aryl methyl sites for hydroxylation is 1. The van der Waals surface area contributed by atoms with E-state index in [-0.39, 0.29) is 5.91 Å². The van der Waals surface area contributed by atoms with Gasteiger partial charge in [-0.05, 0) is 47.5 Å². The molecule has 1 aromatic carbocycles. The maximum absolute atomic E-state index is 11.8. The average molecular weight is 280 g/mol. The number of nitrogens with one attached hydrogen (secondary N) is 1. The summed E-state index contributed by atoms with van der Waals surface area (Å²) in [5.74, 6) is 5.63. The second-order valence-corrected chi connectivity index (χ2v) is 4.27. The smallest absolute Gasteiger partial charge is 0.252 e. The van der Waals surface area contributed by atoms with Gasteiger partial charge in [0.1, 0.15) is 0 Å². The second-order valence-electron chi connectivity index (χ2n) is 3.42. The Hall–Kier alpha value is -1.27. The molecule has 1 aromatic rings. The van der Waals surface area contributed by atoms with E-state index in [9.17, 15) is 4.79 Å². The topological polar surface area (TPSA) is 29.1 Å². The molecule has 3 heteroatoms. The lowest BCUT2D eigenvalue weighted by Crippen LogP contribution is -2.24. The molecule has 84 valence electrons. The van der Waals surface area contributed by atoms with Crippen molar-refractivity contribution in [2.75, 3.05) is 6.54 Å². The van der Waals surface area contributed by atoms with Crippen molar-refractivity contribution in [3.8, 4) is 11.8 Å². The summed E-state index contributed by atoms with van der Waals surface area (Å²) in [6, 6.07) is 5.67. The molecule has 0 saturated carbocycles. The fraction of sp³-hybridized carbons (Fsp3) is 0.308. The Labute approximate surface area is 105 Å². The summed E-state index contributed by atoms with van der Waals surface area (Å²) in [6.07, 6.45) is 0.686. The van der Waals surface area contributed by atoms with Crippen LogP contribution >= 0.6 is 15.9 Å². The van der Waals surface area contributed by atoms with E-state index in [1.807, 2.05) is 25.1 Å². The van der Waals surface area contributed by atoms with Crippen LogP contribution in [0.3, 0.4) is 0 Å². The van der Waals surface area contributed by atoms with Gasteiger partial charge in [0.15, 0.2) is 0 Å². The van der Waals surface area contributed by atoms with E-state index >= 15 is 0 Å². The summed E-state index contributed by atoms with van der Waals surface area (Å²) in [4.78, 5) is 11.8. The van der Waals surface area contributed by atoms with Crippen LogP contribution < -0.4 is 5.32 Å². The van der Waals surface area contributed by atoms with Gasteiger partial charge in [-0.1, -0.05) is 6.07 Å². The van der Waals surface area contributed by atoms with Crippen molar-refractivity contribution in [2.24, 2.45) is 0 Å². The van der Waals surface area contributed by atoms with Crippen LogP contribution in [0.25, 0.3) is 0 Å². The molecule has 0 aliphatic heterocycles. The molecule has 0 aliphatic carbocycles. The number of rotatable bonds is 3. The summed E-state index contributed by atoms with van der Waals surface area (Å²) >= 11 is 3.38. The Balaban J connectivity index is 2.61. The minimum Gasteiger partial charge on any atom is -0.351 e. The Morgan fingerprint density at radius 3 is 2.88 bits per heavy atom. The lowest BCUT2D eigenvalue weighted by molar-refractivity contribution is 0.0954. The van der Waals surface area contributed by atoms with Crippen molar-refractivity contribution in [3.05, 3.63) is 33.8 Å². The summed E-state index contributed by atoms with van der Waals surface area (Å²) in [5.41, 5.74) is 1.79. The maximum Gasteiger partial charge on any atom is 0.252 e. The molecule has 0 unspecified atom stereocenters. The van der Waals surface area contributed by atoms with E-state index in [4.69, 9.17) is 0 Å². The molecule has 0 spiro atoms. The minimum absolute atomic E-state index is 0.0650. The molecule has 1 N–H and O–H groups in total. The van der Waals surface area contributed by atoms with Gasteiger partial charge in [-0.3, -0.25) is 4.79 Å². The molecule has 16 heavy (non-hydrogen) atoms. The van der Waals surface area contributed by atoms with Gasteiger partial charge in [0.05, 0.1) is 5.56 Å². The van der Waals surface area contributed by atoms with Crippen molar-refractivity contribution in [2.45, 2.75) is 20.3 Å². The van der Waals surface area contributed by atoms with Gasteiger partial charge in [0, 0.05) is 17.4 Å². The van der Waals surface area contributed by atoms with E-state index in [0.29, 0.717) is 18.5 Å². The number of halogens is 1. The highest BCUT2D eigenvalue weighted by atomic mass is 79.9. The Morgan fingerprint density at radius 1 is 1.50 bits per heavy atom. The highest BCUT2D eigenvalue weighted by molar-refractivity contribution is 9.10. The Kier molecular flexibility index (Phi) is 5.07. The van der Waals surface area contributed by atoms with Gasteiger partial charge < -0.3 is 5.32 Å². The fourth-order valence-electron chi connectivity index (χ4n) is 1.26. The summed E-state index contributed by atoms with van der Waals surface area (Å²) in [6.45, 7) is 4.36. The average Bonchev–Trinajstić information content (AvgIpc) is 2.24. The van der Waals surface area contributed by atoms with Crippen molar-refractivity contribution >= 4 is 21.8 Å². The number of hydrogen-bond donors (Lipinski definition) is 1. The van der Waals surface area contributed by atoms with Gasteiger partial charge in [-0.15, -0.1) is 11.8 Å². The maximum atomic E-state index is 11.8. The second kappa shape index (κ2) is 6.34. The molecule has 1 rings (SSSR count). The Bertz CT molecular complexity index is 443. The van der Waals surface area contributed by atoms with Crippen LogP contribution in [0.2, 0.25) is 0 Å². The predicted octanol–water partition coefficient (Wildman–Crippen LogP) is 2.90. The monoisotopic (exact) mass is 279 g/mol. The molecule has 2 nitrogen and oxygen atoms in total. The summed E-state index contributed by atoms with van der Waals surface area (Å²) in [5, 5.41) is 2.82. The third-order valence-corrected chi connectivity index (χ3v) is 2.74. The molecule has 0 aliphatic rings. The third-order valence-electron chi connectivity index (χ3n) is 2.08. The molecular formula is C13H14BrNO. The summed E-state index contributed by atoms with van der Waals surface area (Å²) in [7, 11) is 0. The first-order valence-corrected chi connectivity index (χ1v) is 5.88. The van der Waals surface area contributed by atoms with Crippen LogP contribution in [0.1, 0.15) is 29.3 Å². The van der Waals surface area contributed by atoms with Gasteiger partial charge in [-0.2, -0.15) is 0 Å². The Morgan fingerprint density at radius 2 is 2.25 bits per heavy atom. The SMILES string of the molecule is CC#CCCNC(=O)c1ccc(C)cc1Br. The number of amides is 1. The zero-order chi connectivity index (χ0) is 12.0. The molecule has 0 saturated heterocycles. The quantitative estimate of drug-likeness (QED) is 0.669. The van der Waals surface area contributed by atoms with Crippen LogP contribution in [0.4, 0.5) is 0 Å². The molecule has 0 bridgehead atoms. The fourth-order valence-corrected chi connectivity index (χ4v) is 1.94. The number of benzene rings is 1. The zero-order valence-corrected chi connectivity index (χ0v) is 11.0. The first-order chi connectivity index (χ1) is 7.65. The van der Waals surface area contributed by atoms with Gasteiger partial charge in [0.2, 0.25) is 0 Å². The standard InChI is InChI=1S/C13H14BrNO/c1-3-4-5-8-15-13(16)11-7-6-10(2)9-12(11)14/h6-7,9H,5,8H2,1-2H3,(H,15,16). The molecule has 0 aromatic heterocycles. The predicted molar refractivity (Wildman–Crippen MR) is 69.3 cm³/mol. The van der Waals surface area contributed by atoms with Gasteiger partial charge in [-0.25, -0.2) is 0 Å². The number of carbonyl (C=O) groups excluding carboxylic acids is 1. The first kappa shape index (κ1) is 12.8. The van der Waals surface area contributed by atoms with Crippen LogP contribution in [0.5, 0.6) is 0 Å². The molecule has 0 atom stereocenters. The minimum atomic E-state index is -0.0650. The van der Waals surface area contributed by atoms with E-state index in [1.165, 1.54) is 0 Å². The van der Waals surface area contributed by atoms with E-state index in [0.717, 1.165) is 10.0 Å². The summed E-state index contributed by atoms with van der Waals surface area (Å²) < 4.78 is 0.826. The molecule has 1 amide bonds. The highest BCUT2D eigenvalue weighted by Gasteiger charge is 2.08. The lowest BCUT2D eigenvalue weighted by Gasteiger charge is -2.05. The molecular weight excluding hydrogens is 266 g/mol. The van der Waals surface area contributed by atoms with E-state index in [1.54, 1.807) is 6.92 Å². The highest BCUT2D eigenvalue weighted by Crippen LogP contribution is 2.17.